The molecule has 1 fully saturated rings. The van der Waals surface area contributed by atoms with Crippen molar-refractivity contribution in [2.24, 2.45) is 0 Å². The van der Waals surface area contributed by atoms with Crippen molar-refractivity contribution in [2.45, 2.75) is 12.5 Å². The average molecular weight is 218 g/mol. The van der Waals surface area contributed by atoms with Gasteiger partial charge in [0.2, 0.25) is 5.91 Å². The van der Waals surface area contributed by atoms with E-state index in [1.54, 1.807) is 23.1 Å². The van der Waals surface area contributed by atoms with Crippen LogP contribution in [0.3, 0.4) is 0 Å². The number of aliphatic hydroxyl groups excluding tert-OH is 1. The van der Waals surface area contributed by atoms with E-state index in [0.29, 0.717) is 12.1 Å². The third-order valence-corrected chi connectivity index (χ3v) is 2.72. The number of amides is 1. The van der Waals surface area contributed by atoms with E-state index < -0.39 is 6.10 Å². The minimum atomic E-state index is -0.569. The highest BCUT2D eigenvalue weighted by Crippen LogP contribution is 2.24. The Morgan fingerprint density at radius 1 is 1.38 bits per heavy atom. The van der Waals surface area contributed by atoms with Crippen molar-refractivity contribution >= 4 is 22.6 Å². The van der Waals surface area contributed by atoms with Gasteiger partial charge < -0.3 is 10.0 Å². The van der Waals surface area contributed by atoms with Crippen LogP contribution in [0.25, 0.3) is 11.0 Å². The Hall–Kier alpha value is -1.95. The van der Waals surface area contributed by atoms with Crippen LogP contribution < -0.4 is 4.90 Å². The molecule has 0 radical (unpaired) electrons. The Balaban J connectivity index is 2.02. The van der Waals surface area contributed by atoms with Gasteiger partial charge in [-0.3, -0.25) is 4.79 Å². The summed E-state index contributed by atoms with van der Waals surface area (Å²) in [6.45, 7) is 0.349. The molecule has 82 valence electrons. The number of nitrogens with zero attached hydrogens (tertiary/aromatic N) is 3. The molecule has 1 aromatic heterocycles. The third-order valence-electron chi connectivity index (χ3n) is 2.72. The number of rotatable bonds is 1. The summed E-state index contributed by atoms with van der Waals surface area (Å²) in [4.78, 5) is 13.1. The molecular weight excluding hydrogens is 208 g/mol. The molecule has 0 saturated carbocycles. The number of H-pyrrole nitrogens is 1. The van der Waals surface area contributed by atoms with Gasteiger partial charge in [-0.05, 0) is 18.2 Å². The maximum atomic E-state index is 11.6. The number of anilines is 1. The minimum absolute atomic E-state index is 0.0599. The number of carbonyl (C=O) groups is 1. The van der Waals surface area contributed by atoms with E-state index in [-0.39, 0.29) is 12.3 Å². The van der Waals surface area contributed by atoms with Gasteiger partial charge in [-0.25, -0.2) is 0 Å². The van der Waals surface area contributed by atoms with Gasteiger partial charge in [0.1, 0.15) is 11.0 Å². The molecule has 3 rings (SSSR count). The van der Waals surface area contributed by atoms with Crippen molar-refractivity contribution in [2.75, 3.05) is 11.4 Å². The van der Waals surface area contributed by atoms with Crippen LogP contribution in [-0.4, -0.2) is 39.1 Å². The standard InChI is InChI=1S/C10H10N4O2/c15-7-4-10(16)14(5-7)6-1-2-8-9(3-6)12-13-11-8/h1-3,7,15H,4-5H2,(H,11,12,13). The molecule has 0 aliphatic carbocycles. The highest BCUT2D eigenvalue weighted by Gasteiger charge is 2.29. The molecule has 0 spiro atoms. The summed E-state index contributed by atoms with van der Waals surface area (Å²) in [6.07, 6.45) is -0.378. The van der Waals surface area contributed by atoms with Crippen molar-refractivity contribution < 1.29 is 9.90 Å². The fraction of sp³-hybridized carbons (Fsp3) is 0.300. The lowest BCUT2D eigenvalue weighted by atomic mass is 10.2. The molecule has 6 nitrogen and oxygen atoms in total. The number of aromatic amines is 1. The number of aliphatic hydroxyl groups is 1. The van der Waals surface area contributed by atoms with Gasteiger partial charge in [0, 0.05) is 5.69 Å². The molecule has 1 aliphatic heterocycles. The Labute approximate surface area is 90.9 Å². The first-order valence-corrected chi connectivity index (χ1v) is 5.03. The van der Waals surface area contributed by atoms with Crippen molar-refractivity contribution in [3.8, 4) is 0 Å². The normalized spacial score (nSPS) is 20.9. The summed E-state index contributed by atoms with van der Waals surface area (Å²) >= 11 is 0. The van der Waals surface area contributed by atoms with Crippen LogP contribution in [0.2, 0.25) is 0 Å². The van der Waals surface area contributed by atoms with Gasteiger partial charge in [0.05, 0.1) is 19.1 Å². The van der Waals surface area contributed by atoms with E-state index in [1.807, 2.05) is 0 Å². The van der Waals surface area contributed by atoms with E-state index >= 15 is 0 Å². The summed E-state index contributed by atoms with van der Waals surface area (Å²) in [5.74, 6) is -0.0599. The van der Waals surface area contributed by atoms with Gasteiger partial charge in [-0.15, -0.1) is 0 Å². The summed E-state index contributed by atoms with van der Waals surface area (Å²) in [5.41, 5.74) is 2.23. The van der Waals surface area contributed by atoms with Gasteiger partial charge in [0.25, 0.3) is 0 Å². The molecule has 0 bridgehead atoms. The van der Waals surface area contributed by atoms with Crippen LogP contribution in [-0.2, 0) is 4.79 Å². The minimum Gasteiger partial charge on any atom is -0.391 e. The maximum Gasteiger partial charge on any atom is 0.229 e. The molecule has 1 atom stereocenters. The molecule has 6 heteroatoms. The van der Waals surface area contributed by atoms with Gasteiger partial charge >= 0.3 is 0 Å². The first-order valence-electron chi connectivity index (χ1n) is 5.03. The number of hydrogen-bond acceptors (Lipinski definition) is 4. The second-order valence-electron chi connectivity index (χ2n) is 3.86. The Kier molecular flexibility index (Phi) is 1.90. The Morgan fingerprint density at radius 3 is 2.94 bits per heavy atom. The third kappa shape index (κ3) is 1.35. The molecule has 2 N–H and O–H groups in total. The summed E-state index contributed by atoms with van der Waals surface area (Å²) in [6, 6.07) is 5.39. The van der Waals surface area contributed by atoms with E-state index in [2.05, 4.69) is 15.4 Å². The predicted molar refractivity (Wildman–Crippen MR) is 56.9 cm³/mol. The molecule has 1 saturated heterocycles. The SMILES string of the molecule is O=C1CC(O)CN1c1ccc2n[nH]nc2c1. The van der Waals surface area contributed by atoms with Crippen molar-refractivity contribution in [1.82, 2.24) is 15.4 Å². The lowest BCUT2D eigenvalue weighted by Gasteiger charge is -2.15. The summed E-state index contributed by atoms with van der Waals surface area (Å²) in [7, 11) is 0. The fourth-order valence-corrected chi connectivity index (χ4v) is 1.93. The molecule has 1 aliphatic rings. The summed E-state index contributed by atoms with van der Waals surface area (Å²) < 4.78 is 0. The summed E-state index contributed by atoms with van der Waals surface area (Å²) in [5, 5.41) is 19.8. The number of β-amino-alcohol motifs (C(OH)–C–C–N with tert-alkyl or cyclic N) is 1. The number of nitrogens with one attached hydrogen (secondary N) is 1. The fourth-order valence-electron chi connectivity index (χ4n) is 1.93. The van der Waals surface area contributed by atoms with Gasteiger partial charge in [-0.2, -0.15) is 15.4 Å². The van der Waals surface area contributed by atoms with E-state index in [4.69, 9.17) is 0 Å². The largest absolute Gasteiger partial charge is 0.391 e. The molecule has 1 unspecified atom stereocenters. The van der Waals surface area contributed by atoms with Crippen molar-refractivity contribution in [1.29, 1.82) is 0 Å². The molecule has 2 aromatic rings. The molecule has 1 amide bonds. The number of benzene rings is 1. The van der Waals surface area contributed by atoms with E-state index in [1.165, 1.54) is 0 Å². The molecule has 1 aromatic carbocycles. The average Bonchev–Trinajstić information content (AvgIpc) is 2.83. The predicted octanol–water partition coefficient (Wildman–Crippen LogP) is 0.0555. The van der Waals surface area contributed by atoms with E-state index in [0.717, 1.165) is 11.2 Å². The second kappa shape index (κ2) is 3.28. The van der Waals surface area contributed by atoms with Crippen LogP contribution in [0.15, 0.2) is 18.2 Å². The topological polar surface area (TPSA) is 82.1 Å². The van der Waals surface area contributed by atoms with Crippen molar-refractivity contribution in [3.05, 3.63) is 18.2 Å². The highest BCUT2D eigenvalue weighted by atomic mass is 16.3. The second-order valence-corrected chi connectivity index (χ2v) is 3.86. The zero-order chi connectivity index (χ0) is 11.1. The zero-order valence-corrected chi connectivity index (χ0v) is 8.42. The lowest BCUT2D eigenvalue weighted by molar-refractivity contribution is -0.117. The lowest BCUT2D eigenvalue weighted by Crippen LogP contribution is -2.25. The number of hydrogen-bond donors (Lipinski definition) is 2. The first kappa shape index (κ1) is 9.29. The van der Waals surface area contributed by atoms with Gasteiger partial charge in [0.15, 0.2) is 0 Å². The van der Waals surface area contributed by atoms with Gasteiger partial charge in [-0.1, -0.05) is 0 Å². The van der Waals surface area contributed by atoms with E-state index in [9.17, 15) is 9.90 Å². The number of fused-ring (bicyclic) bond motifs is 1. The van der Waals surface area contributed by atoms with Crippen LogP contribution in [0, 0.1) is 0 Å². The monoisotopic (exact) mass is 218 g/mol. The number of aromatic nitrogens is 3. The highest BCUT2D eigenvalue weighted by molar-refractivity contribution is 5.97. The van der Waals surface area contributed by atoms with Crippen LogP contribution in [0.5, 0.6) is 0 Å². The molecule has 2 heterocycles. The molecular formula is C10H10N4O2. The van der Waals surface area contributed by atoms with Crippen molar-refractivity contribution in [3.63, 3.8) is 0 Å². The Bertz CT molecular complexity index is 550. The zero-order valence-electron chi connectivity index (χ0n) is 8.42. The maximum absolute atomic E-state index is 11.6. The Morgan fingerprint density at radius 2 is 2.19 bits per heavy atom. The van der Waals surface area contributed by atoms with Crippen LogP contribution >= 0.6 is 0 Å². The van der Waals surface area contributed by atoms with Crippen LogP contribution in [0.1, 0.15) is 6.42 Å². The quantitative estimate of drug-likeness (QED) is 0.708. The first-order chi connectivity index (χ1) is 7.74. The van der Waals surface area contributed by atoms with Crippen LogP contribution in [0.4, 0.5) is 5.69 Å². The number of carbonyl (C=O) groups excluding carboxylic acids is 1. The smallest absolute Gasteiger partial charge is 0.229 e. The molecule has 16 heavy (non-hydrogen) atoms.